The van der Waals surface area contributed by atoms with Crippen LogP contribution in [0.2, 0.25) is 0 Å². The lowest BCUT2D eigenvalue weighted by Crippen LogP contribution is -2.47. The molecule has 1 fully saturated rings. The van der Waals surface area contributed by atoms with Crippen molar-refractivity contribution in [1.29, 1.82) is 0 Å². The summed E-state index contributed by atoms with van der Waals surface area (Å²) in [6.07, 6.45) is 1.48. The van der Waals surface area contributed by atoms with E-state index in [1.54, 1.807) is 50.6 Å². The number of nitrogens with zero attached hydrogens (tertiary/aromatic N) is 2. The van der Waals surface area contributed by atoms with Crippen LogP contribution in [0.15, 0.2) is 82.5 Å². The van der Waals surface area contributed by atoms with Crippen molar-refractivity contribution in [3.8, 4) is 23.0 Å². The quantitative estimate of drug-likeness (QED) is 0.224. The first-order chi connectivity index (χ1) is 23.6. The molecule has 2 aliphatic rings. The van der Waals surface area contributed by atoms with E-state index in [2.05, 4.69) is 14.9 Å². The SMILES string of the molecule is COc1ccc(OC)c(S(=O)(=O)Nc2cc(C(=O)NCCc3ccc(OC)c(OC)c3)ccc2N2C[C@H]3C[C@@H](C2)c2cccc(=O)n2C3)c1. The van der Waals surface area contributed by atoms with Gasteiger partial charge in [0, 0.05) is 55.5 Å². The second-order valence-corrected chi connectivity index (χ2v) is 13.8. The van der Waals surface area contributed by atoms with Crippen molar-refractivity contribution in [2.24, 2.45) is 5.92 Å². The van der Waals surface area contributed by atoms with Crippen LogP contribution in [-0.2, 0) is 23.0 Å². The third kappa shape index (κ3) is 7.02. The molecule has 3 heterocycles. The van der Waals surface area contributed by atoms with Crippen LogP contribution in [0.1, 0.15) is 34.0 Å². The molecule has 49 heavy (non-hydrogen) atoms. The number of fused-ring (bicyclic) bond motifs is 4. The summed E-state index contributed by atoms with van der Waals surface area (Å²) in [7, 11) is 1.78. The van der Waals surface area contributed by atoms with Crippen LogP contribution >= 0.6 is 0 Å². The molecule has 6 rings (SSSR count). The van der Waals surface area contributed by atoms with E-state index in [4.69, 9.17) is 18.9 Å². The smallest absolute Gasteiger partial charge is 0.265 e. The molecule has 0 spiro atoms. The Kier molecular flexibility index (Phi) is 9.72. The summed E-state index contributed by atoms with van der Waals surface area (Å²) < 4.78 is 53.9. The van der Waals surface area contributed by atoms with E-state index >= 15 is 0 Å². The van der Waals surface area contributed by atoms with Crippen LogP contribution in [-0.4, -0.2) is 67.0 Å². The predicted octanol–water partition coefficient (Wildman–Crippen LogP) is 4.28. The van der Waals surface area contributed by atoms with E-state index in [0.717, 1.165) is 17.7 Å². The molecule has 1 amide bonds. The summed E-state index contributed by atoms with van der Waals surface area (Å²) in [5.74, 6) is 1.64. The number of hydrogen-bond donors (Lipinski definition) is 2. The molecular weight excluding hydrogens is 648 g/mol. The molecule has 0 saturated carbocycles. The molecule has 3 aromatic carbocycles. The van der Waals surface area contributed by atoms with E-state index < -0.39 is 10.0 Å². The number of piperidine rings is 1. The number of sulfonamides is 1. The van der Waals surface area contributed by atoms with Crippen LogP contribution in [0.5, 0.6) is 23.0 Å². The lowest BCUT2D eigenvalue weighted by atomic mass is 9.83. The van der Waals surface area contributed by atoms with Gasteiger partial charge in [0.1, 0.15) is 16.4 Å². The first-order valence-corrected chi connectivity index (χ1v) is 17.4. The molecule has 0 radical (unpaired) electrons. The number of hydrogen-bond acceptors (Lipinski definition) is 9. The standard InChI is InChI=1S/C36H40N4O8S/c1-45-27-10-13-32(47-3)34(19-27)49(43,44)38-28-18-25(36(42)37-15-14-23-8-12-31(46-2)33(17-23)48-4)9-11-30(28)39-20-24-16-26(22-39)29-6-5-7-35(41)40(29)21-24/h5-13,17-19,24,26,38H,14-16,20-22H2,1-4H3,(H,37,42)/t24-,26+/m1/s1. The number of benzene rings is 3. The Labute approximate surface area is 285 Å². The normalized spacial score (nSPS) is 16.7. The zero-order chi connectivity index (χ0) is 34.7. The lowest BCUT2D eigenvalue weighted by Gasteiger charge is -2.44. The second-order valence-electron chi connectivity index (χ2n) is 12.2. The first-order valence-electron chi connectivity index (χ1n) is 16.0. The predicted molar refractivity (Wildman–Crippen MR) is 186 cm³/mol. The van der Waals surface area contributed by atoms with Gasteiger partial charge in [0.15, 0.2) is 11.5 Å². The Balaban J connectivity index is 1.30. The highest BCUT2D eigenvalue weighted by Crippen LogP contribution is 2.40. The lowest BCUT2D eigenvalue weighted by molar-refractivity contribution is 0.0954. The molecule has 2 bridgehead atoms. The van der Waals surface area contributed by atoms with E-state index in [1.165, 1.54) is 26.4 Å². The highest BCUT2D eigenvalue weighted by Gasteiger charge is 2.36. The summed E-state index contributed by atoms with van der Waals surface area (Å²) in [4.78, 5) is 28.1. The zero-order valence-corrected chi connectivity index (χ0v) is 28.7. The molecule has 2 N–H and O–H groups in total. The molecule has 1 saturated heterocycles. The number of pyridine rings is 1. The summed E-state index contributed by atoms with van der Waals surface area (Å²) in [5, 5.41) is 2.95. The van der Waals surface area contributed by atoms with Gasteiger partial charge in [-0.2, -0.15) is 0 Å². The van der Waals surface area contributed by atoms with Gasteiger partial charge in [-0.05, 0) is 72.9 Å². The van der Waals surface area contributed by atoms with Gasteiger partial charge in [-0.25, -0.2) is 8.42 Å². The number of ether oxygens (including phenoxy) is 4. The Morgan fingerprint density at radius 1 is 0.837 bits per heavy atom. The summed E-state index contributed by atoms with van der Waals surface area (Å²) in [6.45, 7) is 2.12. The van der Waals surface area contributed by atoms with Gasteiger partial charge in [-0.3, -0.25) is 14.3 Å². The van der Waals surface area contributed by atoms with Crippen LogP contribution < -0.4 is 39.4 Å². The van der Waals surface area contributed by atoms with Gasteiger partial charge in [-0.15, -0.1) is 0 Å². The number of carbonyl (C=O) groups excluding carboxylic acids is 1. The molecule has 258 valence electrons. The van der Waals surface area contributed by atoms with Gasteiger partial charge >= 0.3 is 0 Å². The highest BCUT2D eigenvalue weighted by atomic mass is 32.2. The molecule has 4 aromatic rings. The highest BCUT2D eigenvalue weighted by molar-refractivity contribution is 7.92. The van der Waals surface area contributed by atoms with E-state index in [0.29, 0.717) is 61.1 Å². The largest absolute Gasteiger partial charge is 0.497 e. The first kappa shape index (κ1) is 33.7. The molecule has 13 heteroatoms. The monoisotopic (exact) mass is 688 g/mol. The molecular formula is C36H40N4O8S. The van der Waals surface area contributed by atoms with Crippen molar-refractivity contribution in [2.75, 3.05) is 57.7 Å². The Morgan fingerprint density at radius 2 is 1.61 bits per heavy atom. The summed E-state index contributed by atoms with van der Waals surface area (Å²) in [6, 6.07) is 20.5. The van der Waals surface area contributed by atoms with Crippen molar-refractivity contribution in [3.63, 3.8) is 0 Å². The fourth-order valence-corrected chi connectivity index (χ4v) is 8.03. The van der Waals surface area contributed by atoms with Crippen LogP contribution in [0.25, 0.3) is 0 Å². The molecule has 2 aliphatic heterocycles. The van der Waals surface area contributed by atoms with Gasteiger partial charge in [0.25, 0.3) is 21.5 Å². The maximum atomic E-state index is 14.0. The third-order valence-corrected chi connectivity index (χ3v) is 10.5. The number of rotatable bonds is 12. The van der Waals surface area contributed by atoms with Crippen molar-refractivity contribution >= 4 is 27.3 Å². The summed E-state index contributed by atoms with van der Waals surface area (Å²) >= 11 is 0. The zero-order valence-electron chi connectivity index (χ0n) is 27.9. The van der Waals surface area contributed by atoms with Gasteiger partial charge < -0.3 is 33.7 Å². The molecule has 12 nitrogen and oxygen atoms in total. The fraction of sp³-hybridized carbons (Fsp3) is 0.333. The van der Waals surface area contributed by atoms with E-state index in [9.17, 15) is 18.0 Å². The topological polar surface area (TPSA) is 137 Å². The Bertz CT molecular complexity index is 2030. The van der Waals surface area contributed by atoms with Crippen molar-refractivity contribution in [2.45, 2.75) is 30.2 Å². The van der Waals surface area contributed by atoms with Crippen LogP contribution in [0.4, 0.5) is 11.4 Å². The minimum Gasteiger partial charge on any atom is -0.497 e. The molecule has 0 aliphatic carbocycles. The maximum Gasteiger partial charge on any atom is 0.265 e. The number of methoxy groups -OCH3 is 4. The van der Waals surface area contributed by atoms with Crippen molar-refractivity contribution in [3.05, 3.63) is 100.0 Å². The second kappa shape index (κ2) is 14.1. The van der Waals surface area contributed by atoms with Gasteiger partial charge in [-0.1, -0.05) is 12.1 Å². The average molecular weight is 689 g/mol. The van der Waals surface area contributed by atoms with E-state index in [-0.39, 0.29) is 39.6 Å². The Hall–Kier alpha value is -5.17. The Morgan fingerprint density at radius 3 is 2.37 bits per heavy atom. The number of amides is 1. The van der Waals surface area contributed by atoms with Crippen molar-refractivity contribution in [1.82, 2.24) is 9.88 Å². The third-order valence-electron chi connectivity index (χ3n) is 9.13. The minimum atomic E-state index is -4.21. The minimum absolute atomic E-state index is 0.0113. The number of nitrogens with one attached hydrogen (secondary N) is 2. The molecule has 1 aromatic heterocycles. The van der Waals surface area contributed by atoms with Gasteiger partial charge in [0.2, 0.25) is 0 Å². The summed E-state index contributed by atoms with van der Waals surface area (Å²) in [5.41, 5.74) is 3.09. The van der Waals surface area contributed by atoms with Crippen molar-refractivity contribution < 1.29 is 32.2 Å². The number of anilines is 2. The average Bonchev–Trinajstić information content (AvgIpc) is 3.11. The van der Waals surface area contributed by atoms with Crippen LogP contribution in [0, 0.1) is 5.92 Å². The maximum absolute atomic E-state index is 14.0. The van der Waals surface area contributed by atoms with Crippen LogP contribution in [0.3, 0.4) is 0 Å². The molecule has 2 atom stereocenters. The number of carbonyl (C=O) groups is 1. The van der Waals surface area contributed by atoms with Gasteiger partial charge in [0.05, 0.1) is 39.8 Å². The number of aromatic nitrogens is 1. The molecule has 0 unspecified atom stereocenters. The fourth-order valence-electron chi connectivity index (χ4n) is 6.78. The van der Waals surface area contributed by atoms with E-state index in [1.807, 2.05) is 28.8 Å².